The number of piperidine rings is 1. The first-order chi connectivity index (χ1) is 10.2. The minimum Gasteiger partial charge on any atom is -0.493 e. The van der Waals surface area contributed by atoms with Crippen LogP contribution in [0.15, 0.2) is 24.3 Å². The Bertz CT molecular complexity index is 505. The second kappa shape index (κ2) is 7.72. The van der Waals surface area contributed by atoms with E-state index in [1.807, 2.05) is 42.2 Å². The zero-order chi connectivity index (χ0) is 15.1. The van der Waals surface area contributed by atoms with Crippen molar-refractivity contribution in [2.24, 2.45) is 0 Å². The number of benzene rings is 1. The third kappa shape index (κ3) is 4.25. The summed E-state index contributed by atoms with van der Waals surface area (Å²) in [6.07, 6.45) is 7.35. The van der Waals surface area contributed by atoms with Crippen molar-refractivity contribution in [2.75, 3.05) is 26.8 Å². The van der Waals surface area contributed by atoms with Crippen LogP contribution in [0.3, 0.4) is 0 Å². The Hall–Kier alpha value is -1.97. The Labute approximate surface area is 126 Å². The average molecular weight is 289 g/mol. The standard InChI is InChI=1S/C17H23NO3/c1-3-7-14-8-9-15(16(12-14)20-2)21-13-17(19)18-10-5-4-6-11-18/h3,7-9,12H,4-6,10-11,13H2,1-2H3. The summed E-state index contributed by atoms with van der Waals surface area (Å²) in [7, 11) is 1.61. The molecule has 1 amide bonds. The van der Waals surface area contributed by atoms with Crippen molar-refractivity contribution >= 4 is 12.0 Å². The summed E-state index contributed by atoms with van der Waals surface area (Å²) in [6.45, 7) is 3.73. The van der Waals surface area contributed by atoms with Crippen LogP contribution in [0.4, 0.5) is 0 Å². The molecule has 1 saturated heterocycles. The maximum Gasteiger partial charge on any atom is 0.260 e. The van der Waals surface area contributed by atoms with Crippen LogP contribution in [0.2, 0.25) is 0 Å². The Morgan fingerprint density at radius 2 is 2.00 bits per heavy atom. The number of rotatable bonds is 5. The molecule has 0 aromatic heterocycles. The third-order valence-electron chi connectivity index (χ3n) is 3.61. The van der Waals surface area contributed by atoms with Crippen LogP contribution in [0.5, 0.6) is 11.5 Å². The van der Waals surface area contributed by atoms with Crippen molar-refractivity contribution < 1.29 is 14.3 Å². The van der Waals surface area contributed by atoms with Gasteiger partial charge in [-0.1, -0.05) is 18.2 Å². The molecule has 1 fully saturated rings. The van der Waals surface area contributed by atoms with Crippen molar-refractivity contribution in [3.8, 4) is 11.5 Å². The number of carbonyl (C=O) groups excluding carboxylic acids is 1. The highest BCUT2D eigenvalue weighted by molar-refractivity contribution is 5.78. The SMILES string of the molecule is CC=Cc1ccc(OCC(=O)N2CCCCC2)c(OC)c1. The minimum absolute atomic E-state index is 0.0503. The second-order valence-corrected chi connectivity index (χ2v) is 5.14. The molecule has 1 aliphatic rings. The number of ether oxygens (including phenoxy) is 2. The van der Waals surface area contributed by atoms with Crippen molar-refractivity contribution in [1.29, 1.82) is 0 Å². The quantitative estimate of drug-likeness (QED) is 0.836. The van der Waals surface area contributed by atoms with E-state index in [1.54, 1.807) is 7.11 Å². The molecule has 0 aliphatic carbocycles. The summed E-state index contributed by atoms with van der Waals surface area (Å²) in [6, 6.07) is 5.70. The third-order valence-corrected chi connectivity index (χ3v) is 3.61. The van der Waals surface area contributed by atoms with Gasteiger partial charge < -0.3 is 14.4 Å². The monoisotopic (exact) mass is 289 g/mol. The predicted octanol–water partition coefficient (Wildman–Crippen LogP) is 3.12. The van der Waals surface area contributed by atoms with Crippen LogP contribution in [0, 0.1) is 0 Å². The van der Waals surface area contributed by atoms with Gasteiger partial charge in [0.1, 0.15) is 0 Å². The van der Waals surface area contributed by atoms with E-state index >= 15 is 0 Å². The Kier molecular flexibility index (Phi) is 5.67. The van der Waals surface area contributed by atoms with E-state index in [4.69, 9.17) is 9.47 Å². The summed E-state index contributed by atoms with van der Waals surface area (Å²) in [5.74, 6) is 1.31. The van der Waals surface area contributed by atoms with Crippen molar-refractivity contribution in [3.63, 3.8) is 0 Å². The molecule has 0 bridgehead atoms. The summed E-state index contributed by atoms with van der Waals surface area (Å²) in [5, 5.41) is 0. The lowest BCUT2D eigenvalue weighted by Crippen LogP contribution is -2.38. The fraction of sp³-hybridized carbons (Fsp3) is 0.471. The first-order valence-corrected chi connectivity index (χ1v) is 7.46. The van der Waals surface area contributed by atoms with Crippen LogP contribution in [-0.4, -0.2) is 37.6 Å². The van der Waals surface area contributed by atoms with Crippen molar-refractivity contribution in [1.82, 2.24) is 4.90 Å². The maximum absolute atomic E-state index is 12.1. The van der Waals surface area contributed by atoms with Gasteiger partial charge in [0.2, 0.25) is 0 Å². The maximum atomic E-state index is 12.1. The van der Waals surface area contributed by atoms with E-state index in [9.17, 15) is 4.79 Å². The normalized spacial score (nSPS) is 15.2. The van der Waals surface area contributed by atoms with E-state index in [0.29, 0.717) is 11.5 Å². The Morgan fingerprint density at radius 3 is 2.67 bits per heavy atom. The van der Waals surface area contributed by atoms with Crippen molar-refractivity contribution in [2.45, 2.75) is 26.2 Å². The average Bonchev–Trinajstić information content (AvgIpc) is 2.54. The van der Waals surface area contributed by atoms with Crippen LogP contribution in [0.1, 0.15) is 31.7 Å². The second-order valence-electron chi connectivity index (χ2n) is 5.14. The molecule has 0 N–H and O–H groups in total. The molecule has 0 spiro atoms. The predicted molar refractivity (Wildman–Crippen MR) is 83.6 cm³/mol. The summed E-state index contributed by atoms with van der Waals surface area (Å²) < 4.78 is 11.0. The van der Waals surface area contributed by atoms with E-state index in [-0.39, 0.29) is 12.5 Å². The molecule has 4 heteroatoms. The molecule has 4 nitrogen and oxygen atoms in total. The molecule has 1 heterocycles. The van der Waals surface area contributed by atoms with Crippen molar-refractivity contribution in [3.05, 3.63) is 29.8 Å². The molecular weight excluding hydrogens is 266 g/mol. The van der Waals surface area contributed by atoms with E-state index in [1.165, 1.54) is 6.42 Å². The molecule has 2 rings (SSSR count). The molecule has 0 saturated carbocycles. The number of hydrogen-bond acceptors (Lipinski definition) is 3. The summed E-state index contributed by atoms with van der Waals surface area (Å²) in [4.78, 5) is 14.0. The number of allylic oxidation sites excluding steroid dienone is 1. The number of likely N-dealkylation sites (tertiary alicyclic amines) is 1. The van der Waals surface area contributed by atoms with E-state index < -0.39 is 0 Å². The topological polar surface area (TPSA) is 38.8 Å². The molecular formula is C17H23NO3. The fourth-order valence-electron chi connectivity index (χ4n) is 2.47. The lowest BCUT2D eigenvalue weighted by molar-refractivity contribution is -0.134. The van der Waals surface area contributed by atoms with E-state index in [2.05, 4.69) is 0 Å². The summed E-state index contributed by atoms with van der Waals surface area (Å²) >= 11 is 0. The number of nitrogens with zero attached hydrogens (tertiary/aromatic N) is 1. The van der Waals surface area contributed by atoms with E-state index in [0.717, 1.165) is 31.5 Å². The Balaban J connectivity index is 1.97. The smallest absolute Gasteiger partial charge is 0.260 e. The lowest BCUT2D eigenvalue weighted by atomic mass is 10.1. The van der Waals surface area contributed by atoms with Crippen LogP contribution >= 0.6 is 0 Å². The van der Waals surface area contributed by atoms with Gasteiger partial charge in [-0.15, -0.1) is 0 Å². The molecule has 1 aromatic rings. The van der Waals surface area contributed by atoms with Gasteiger partial charge in [-0.2, -0.15) is 0 Å². The first kappa shape index (κ1) is 15.4. The van der Waals surface area contributed by atoms with Gasteiger partial charge in [0, 0.05) is 13.1 Å². The Morgan fingerprint density at radius 1 is 1.24 bits per heavy atom. The zero-order valence-electron chi connectivity index (χ0n) is 12.8. The number of amides is 1. The summed E-state index contributed by atoms with van der Waals surface area (Å²) in [5.41, 5.74) is 1.05. The van der Waals surface area contributed by atoms with Gasteiger partial charge >= 0.3 is 0 Å². The molecule has 0 radical (unpaired) electrons. The van der Waals surface area contributed by atoms with Gasteiger partial charge in [-0.05, 0) is 43.9 Å². The van der Waals surface area contributed by atoms with Crippen LogP contribution in [-0.2, 0) is 4.79 Å². The molecule has 0 unspecified atom stereocenters. The highest BCUT2D eigenvalue weighted by atomic mass is 16.5. The molecule has 114 valence electrons. The van der Waals surface area contributed by atoms with Gasteiger partial charge in [0.05, 0.1) is 7.11 Å². The molecule has 21 heavy (non-hydrogen) atoms. The number of hydrogen-bond donors (Lipinski definition) is 0. The number of methoxy groups -OCH3 is 1. The molecule has 1 aromatic carbocycles. The lowest BCUT2D eigenvalue weighted by Gasteiger charge is -2.26. The number of carbonyl (C=O) groups is 1. The highest BCUT2D eigenvalue weighted by Gasteiger charge is 2.17. The minimum atomic E-state index is 0.0503. The molecule has 0 atom stereocenters. The zero-order valence-corrected chi connectivity index (χ0v) is 12.8. The highest BCUT2D eigenvalue weighted by Crippen LogP contribution is 2.28. The van der Waals surface area contributed by atoms with Gasteiger partial charge in [0.15, 0.2) is 18.1 Å². The van der Waals surface area contributed by atoms with Gasteiger partial charge in [-0.25, -0.2) is 0 Å². The van der Waals surface area contributed by atoms with Gasteiger partial charge in [0.25, 0.3) is 5.91 Å². The van der Waals surface area contributed by atoms with Gasteiger partial charge in [-0.3, -0.25) is 4.79 Å². The fourth-order valence-corrected chi connectivity index (χ4v) is 2.47. The first-order valence-electron chi connectivity index (χ1n) is 7.46. The largest absolute Gasteiger partial charge is 0.493 e. The molecule has 1 aliphatic heterocycles. The van der Waals surface area contributed by atoms with Crippen LogP contribution < -0.4 is 9.47 Å². The van der Waals surface area contributed by atoms with Crippen LogP contribution in [0.25, 0.3) is 6.08 Å².